The van der Waals surface area contributed by atoms with Crippen molar-refractivity contribution in [3.8, 4) is 0 Å². The largest absolute Gasteiger partial charge is 0.363 e. The monoisotopic (exact) mass is 286 g/mol. The number of pyridine rings is 1. The molecule has 2 rings (SSSR count). The number of thiazole rings is 1. The third-order valence-electron chi connectivity index (χ3n) is 2.05. The summed E-state index contributed by atoms with van der Waals surface area (Å²) in [7, 11) is 0. The van der Waals surface area contributed by atoms with Crippen LogP contribution in [0.5, 0.6) is 0 Å². The molecule has 0 saturated heterocycles. The molecule has 0 aromatic carbocycles. The molecule has 2 aromatic heterocycles. The summed E-state index contributed by atoms with van der Waals surface area (Å²) >= 11 is 6.90. The van der Waals surface area contributed by atoms with E-state index in [1.54, 1.807) is 5.38 Å². The Morgan fingerprint density at radius 2 is 2.39 bits per heavy atom. The first-order valence-electron chi connectivity index (χ1n) is 4.77. The third kappa shape index (κ3) is 2.84. The van der Waals surface area contributed by atoms with Crippen LogP contribution in [0.1, 0.15) is 5.69 Å². The number of anilines is 1. The summed E-state index contributed by atoms with van der Waals surface area (Å²) < 4.78 is 0. The minimum atomic E-state index is -0.570. The molecular formula is C9H7ClN4O3S. The van der Waals surface area contributed by atoms with Crippen molar-refractivity contribution < 1.29 is 4.92 Å². The van der Waals surface area contributed by atoms with E-state index in [0.29, 0.717) is 18.1 Å². The van der Waals surface area contributed by atoms with Gasteiger partial charge in [0.15, 0.2) is 0 Å². The van der Waals surface area contributed by atoms with Gasteiger partial charge in [0.2, 0.25) is 0 Å². The van der Waals surface area contributed by atoms with Crippen LogP contribution >= 0.6 is 22.9 Å². The Labute approximate surface area is 110 Å². The van der Waals surface area contributed by atoms with Gasteiger partial charge in [0, 0.05) is 17.1 Å². The fourth-order valence-electron chi connectivity index (χ4n) is 1.24. The fourth-order valence-corrected chi connectivity index (χ4v) is 2.05. The molecule has 0 aliphatic rings. The Bertz CT molecular complexity index is 639. The predicted octanol–water partition coefficient (Wildman–Crippen LogP) is 2.01. The van der Waals surface area contributed by atoms with Gasteiger partial charge in [0.25, 0.3) is 5.69 Å². The van der Waals surface area contributed by atoms with Crippen LogP contribution in [0.15, 0.2) is 22.4 Å². The minimum absolute atomic E-state index is 0.144. The van der Waals surface area contributed by atoms with Crippen LogP contribution in [0.25, 0.3) is 0 Å². The normalized spacial score (nSPS) is 10.3. The van der Waals surface area contributed by atoms with Crippen molar-refractivity contribution in [2.45, 2.75) is 6.54 Å². The Morgan fingerprint density at radius 3 is 2.94 bits per heavy atom. The number of nitrogens with one attached hydrogen (secondary N) is 2. The number of rotatable bonds is 4. The Hall–Kier alpha value is -1.93. The zero-order valence-corrected chi connectivity index (χ0v) is 10.4. The van der Waals surface area contributed by atoms with Gasteiger partial charge in [-0.25, -0.2) is 4.98 Å². The highest BCUT2D eigenvalue weighted by atomic mass is 35.5. The first kappa shape index (κ1) is 12.5. The molecule has 0 aliphatic carbocycles. The highest BCUT2D eigenvalue weighted by Crippen LogP contribution is 2.24. The van der Waals surface area contributed by atoms with Gasteiger partial charge in [-0.15, -0.1) is 0 Å². The van der Waals surface area contributed by atoms with Gasteiger partial charge in [-0.3, -0.25) is 14.9 Å². The molecule has 0 saturated carbocycles. The predicted molar refractivity (Wildman–Crippen MR) is 68.2 cm³/mol. The summed E-state index contributed by atoms with van der Waals surface area (Å²) in [5.74, 6) is 0.328. The number of nitrogens with zero attached hydrogens (tertiary/aromatic N) is 2. The first-order chi connectivity index (χ1) is 8.56. The number of nitro groups is 1. The molecule has 0 fully saturated rings. The second-order valence-electron chi connectivity index (χ2n) is 3.31. The van der Waals surface area contributed by atoms with Crippen molar-refractivity contribution in [3.05, 3.63) is 48.1 Å². The molecule has 2 aromatic rings. The first-order valence-corrected chi connectivity index (χ1v) is 6.02. The lowest BCUT2D eigenvalue weighted by Gasteiger charge is -2.05. The summed E-state index contributed by atoms with van der Waals surface area (Å²) in [6.07, 6.45) is 1.12. The molecule has 7 nitrogen and oxygen atoms in total. The molecule has 2 heterocycles. The average molecular weight is 287 g/mol. The van der Waals surface area contributed by atoms with Crippen LogP contribution < -0.4 is 10.2 Å². The van der Waals surface area contributed by atoms with E-state index in [1.165, 1.54) is 6.07 Å². The second-order valence-corrected chi connectivity index (χ2v) is 4.56. The molecule has 18 heavy (non-hydrogen) atoms. The molecule has 0 bridgehead atoms. The fraction of sp³-hybridized carbons (Fsp3) is 0.111. The smallest absolute Gasteiger partial charge is 0.304 e. The van der Waals surface area contributed by atoms with Crippen molar-refractivity contribution in [1.29, 1.82) is 0 Å². The zero-order valence-electron chi connectivity index (χ0n) is 8.84. The van der Waals surface area contributed by atoms with E-state index in [2.05, 4.69) is 15.3 Å². The minimum Gasteiger partial charge on any atom is -0.363 e. The van der Waals surface area contributed by atoms with Crippen LogP contribution in [-0.2, 0) is 6.54 Å². The van der Waals surface area contributed by atoms with Crippen LogP contribution in [0.2, 0.25) is 5.02 Å². The quantitative estimate of drug-likeness (QED) is 0.661. The summed E-state index contributed by atoms with van der Waals surface area (Å²) in [4.78, 5) is 27.2. The molecule has 94 valence electrons. The van der Waals surface area contributed by atoms with Gasteiger partial charge in [-0.2, -0.15) is 0 Å². The summed E-state index contributed by atoms with van der Waals surface area (Å²) in [6.45, 7) is 0.337. The van der Waals surface area contributed by atoms with Gasteiger partial charge in [0.1, 0.15) is 12.0 Å². The average Bonchev–Trinajstić information content (AvgIpc) is 2.73. The molecule has 0 spiro atoms. The van der Waals surface area contributed by atoms with Crippen LogP contribution in [0, 0.1) is 10.1 Å². The molecule has 0 unspecified atom stereocenters. The van der Waals surface area contributed by atoms with E-state index in [9.17, 15) is 14.9 Å². The number of H-pyrrole nitrogens is 1. The van der Waals surface area contributed by atoms with E-state index < -0.39 is 4.92 Å². The van der Waals surface area contributed by atoms with E-state index in [1.807, 2.05) is 0 Å². The lowest BCUT2D eigenvalue weighted by Crippen LogP contribution is -2.04. The van der Waals surface area contributed by atoms with Crippen LogP contribution in [0.4, 0.5) is 11.5 Å². The van der Waals surface area contributed by atoms with Gasteiger partial charge in [-0.05, 0) is 0 Å². The van der Waals surface area contributed by atoms with Gasteiger partial charge in [0.05, 0.1) is 16.5 Å². The van der Waals surface area contributed by atoms with Crippen molar-refractivity contribution in [3.63, 3.8) is 0 Å². The SMILES string of the molecule is O=c1[nH]c(CNc2ncc([N+](=O)[O-])cc2Cl)cs1. The summed E-state index contributed by atoms with van der Waals surface area (Å²) in [5.41, 5.74) is 0.524. The van der Waals surface area contributed by atoms with E-state index in [4.69, 9.17) is 11.6 Å². The number of hydrogen-bond acceptors (Lipinski definition) is 6. The maximum atomic E-state index is 10.9. The van der Waals surface area contributed by atoms with Crippen LogP contribution in [0.3, 0.4) is 0 Å². The van der Waals surface area contributed by atoms with Crippen molar-refractivity contribution >= 4 is 34.4 Å². The van der Waals surface area contributed by atoms with Gasteiger partial charge >= 0.3 is 4.87 Å². The zero-order chi connectivity index (χ0) is 13.1. The summed E-state index contributed by atoms with van der Waals surface area (Å²) in [5, 5.41) is 15.2. The Balaban J connectivity index is 2.10. The van der Waals surface area contributed by atoms with Crippen molar-refractivity contribution in [2.75, 3.05) is 5.32 Å². The van der Waals surface area contributed by atoms with Crippen LogP contribution in [-0.4, -0.2) is 14.9 Å². The molecule has 0 atom stereocenters. The topological polar surface area (TPSA) is 101 Å². The highest BCUT2D eigenvalue weighted by Gasteiger charge is 2.10. The molecule has 0 radical (unpaired) electrons. The Kier molecular flexibility index (Phi) is 3.58. The van der Waals surface area contributed by atoms with Gasteiger partial charge in [-0.1, -0.05) is 22.9 Å². The molecule has 0 aliphatic heterocycles. The second kappa shape index (κ2) is 5.15. The molecule has 2 N–H and O–H groups in total. The van der Waals surface area contributed by atoms with E-state index in [-0.39, 0.29) is 15.6 Å². The molecular weight excluding hydrogens is 280 g/mol. The Morgan fingerprint density at radius 1 is 1.61 bits per heavy atom. The lowest BCUT2D eigenvalue weighted by atomic mass is 10.4. The standard InChI is InChI=1S/C9H7ClN4O3S/c10-7-1-6(14(16)17)3-12-8(7)11-2-5-4-18-9(15)13-5/h1,3-4H,2H2,(H,11,12)(H,13,15). The van der Waals surface area contributed by atoms with E-state index in [0.717, 1.165) is 17.5 Å². The number of aromatic nitrogens is 2. The van der Waals surface area contributed by atoms with Gasteiger partial charge < -0.3 is 10.3 Å². The number of hydrogen-bond donors (Lipinski definition) is 2. The van der Waals surface area contributed by atoms with Crippen molar-refractivity contribution in [1.82, 2.24) is 9.97 Å². The molecule has 9 heteroatoms. The number of halogens is 1. The summed E-state index contributed by atoms with van der Waals surface area (Å²) in [6, 6.07) is 1.22. The van der Waals surface area contributed by atoms with Crippen molar-refractivity contribution in [2.24, 2.45) is 0 Å². The van der Waals surface area contributed by atoms with E-state index >= 15 is 0 Å². The maximum Gasteiger partial charge on any atom is 0.304 e. The number of aromatic amines is 1. The molecule has 0 amide bonds. The maximum absolute atomic E-state index is 10.9. The lowest BCUT2D eigenvalue weighted by molar-refractivity contribution is -0.385. The third-order valence-corrected chi connectivity index (χ3v) is 3.06. The highest BCUT2D eigenvalue weighted by molar-refractivity contribution is 7.07.